The number of rotatable bonds is 7. The number of anilines is 2. The number of piperidine rings is 1. The van der Waals surface area contributed by atoms with Crippen LogP contribution in [-0.2, 0) is 23.1 Å². The predicted octanol–water partition coefficient (Wildman–Crippen LogP) is 6.40. The quantitative estimate of drug-likeness (QED) is 0.235. The van der Waals surface area contributed by atoms with Crippen molar-refractivity contribution in [3.63, 3.8) is 0 Å². The maximum Gasteiger partial charge on any atom is 0.324 e. The summed E-state index contributed by atoms with van der Waals surface area (Å²) in [6.07, 6.45) is 9.00. The van der Waals surface area contributed by atoms with E-state index in [4.69, 9.17) is 5.10 Å². The van der Waals surface area contributed by atoms with Gasteiger partial charge in [-0.25, -0.2) is 14.5 Å². The molecule has 2 aliphatic heterocycles. The maximum atomic E-state index is 13.0. The SMILES string of the molecule is Cc1ccc(-n2nc(C(C)(C)C)cc2NC(=O)Nc2ccc(CC3CC4CCC(C3)N4C(=O)Cc3cnc[nH]3)cc2)cc1. The molecule has 6 rings (SSSR count). The lowest BCUT2D eigenvalue weighted by molar-refractivity contribution is -0.135. The van der Waals surface area contributed by atoms with E-state index >= 15 is 0 Å². The van der Waals surface area contributed by atoms with Crippen molar-refractivity contribution < 1.29 is 9.59 Å². The first-order chi connectivity index (χ1) is 20.6. The fourth-order valence-electron chi connectivity index (χ4n) is 6.55. The Hall–Kier alpha value is -4.40. The third-order valence-electron chi connectivity index (χ3n) is 8.75. The summed E-state index contributed by atoms with van der Waals surface area (Å²) in [5.41, 5.74) is 5.65. The van der Waals surface area contributed by atoms with Crippen molar-refractivity contribution in [2.24, 2.45) is 5.92 Å². The zero-order valence-corrected chi connectivity index (χ0v) is 25.4. The highest BCUT2D eigenvalue weighted by Crippen LogP contribution is 2.40. The summed E-state index contributed by atoms with van der Waals surface area (Å²) in [4.78, 5) is 35.3. The molecule has 43 heavy (non-hydrogen) atoms. The number of benzene rings is 2. The van der Waals surface area contributed by atoms with Crippen LogP contribution >= 0.6 is 0 Å². The summed E-state index contributed by atoms with van der Waals surface area (Å²) in [5.74, 6) is 1.38. The van der Waals surface area contributed by atoms with Crippen LogP contribution in [0.3, 0.4) is 0 Å². The summed E-state index contributed by atoms with van der Waals surface area (Å²) in [7, 11) is 0. The first kappa shape index (κ1) is 28.7. The second-order valence-electron chi connectivity index (χ2n) is 13.2. The smallest absolute Gasteiger partial charge is 0.324 e. The van der Waals surface area contributed by atoms with E-state index < -0.39 is 0 Å². The van der Waals surface area contributed by atoms with Gasteiger partial charge in [0.2, 0.25) is 5.91 Å². The van der Waals surface area contributed by atoms with Crippen molar-refractivity contribution in [3.8, 4) is 5.69 Å². The number of carbonyl (C=O) groups excluding carboxylic acids is 2. The number of aromatic amines is 1. The normalized spacial score (nSPS) is 19.8. The van der Waals surface area contributed by atoms with Gasteiger partial charge in [0.1, 0.15) is 5.82 Å². The highest BCUT2D eigenvalue weighted by Gasteiger charge is 2.42. The molecule has 0 aliphatic carbocycles. The number of amides is 3. The maximum absolute atomic E-state index is 13.0. The number of imidazole rings is 1. The first-order valence-electron chi connectivity index (χ1n) is 15.3. The topological polar surface area (TPSA) is 108 Å². The number of nitrogens with one attached hydrogen (secondary N) is 3. The molecule has 4 aromatic rings. The van der Waals surface area contributed by atoms with E-state index in [-0.39, 0.29) is 17.4 Å². The van der Waals surface area contributed by atoms with Crippen molar-refractivity contribution in [3.05, 3.63) is 89.6 Å². The number of aryl methyl sites for hydroxylation is 1. The Balaban J connectivity index is 1.06. The van der Waals surface area contributed by atoms with E-state index in [1.165, 1.54) is 5.56 Å². The minimum absolute atomic E-state index is 0.162. The third kappa shape index (κ3) is 6.50. The number of hydrogen-bond acceptors (Lipinski definition) is 4. The standard InChI is InChI=1S/C34H41N7O2/c1-22-5-11-27(12-6-22)41-31(19-30(39-41)34(2,3)4)38-33(43)37-25-9-7-23(8-10-25)15-24-16-28-13-14-29(17-24)40(28)32(42)18-26-20-35-21-36-26/h5-12,19-21,24,28-29H,13-18H2,1-4H3,(H,35,36)(H2,37,38,43). The van der Waals surface area contributed by atoms with Gasteiger partial charge in [0.25, 0.3) is 0 Å². The summed E-state index contributed by atoms with van der Waals surface area (Å²) in [6.45, 7) is 8.37. The number of carbonyl (C=O) groups is 2. The van der Waals surface area contributed by atoms with Crippen LogP contribution in [0.4, 0.5) is 16.3 Å². The minimum Gasteiger partial charge on any atom is -0.348 e. The summed E-state index contributed by atoms with van der Waals surface area (Å²) >= 11 is 0. The molecule has 2 aromatic carbocycles. The summed E-state index contributed by atoms with van der Waals surface area (Å²) < 4.78 is 1.78. The molecular weight excluding hydrogens is 538 g/mol. The van der Waals surface area contributed by atoms with E-state index in [0.717, 1.165) is 60.4 Å². The number of H-pyrrole nitrogens is 1. The first-order valence-corrected chi connectivity index (χ1v) is 15.3. The average molecular weight is 580 g/mol. The fourth-order valence-corrected chi connectivity index (χ4v) is 6.55. The molecule has 0 radical (unpaired) electrons. The van der Waals surface area contributed by atoms with Crippen molar-refractivity contribution in [2.75, 3.05) is 10.6 Å². The van der Waals surface area contributed by atoms with Crippen molar-refractivity contribution in [2.45, 2.75) is 83.7 Å². The molecule has 3 amide bonds. The highest BCUT2D eigenvalue weighted by atomic mass is 16.2. The molecule has 2 unspecified atom stereocenters. The van der Waals surface area contributed by atoms with E-state index in [1.54, 1.807) is 17.2 Å². The van der Waals surface area contributed by atoms with Crippen LogP contribution < -0.4 is 10.6 Å². The van der Waals surface area contributed by atoms with Crippen molar-refractivity contribution in [1.29, 1.82) is 0 Å². The Morgan fingerprint density at radius 1 is 0.977 bits per heavy atom. The monoisotopic (exact) mass is 579 g/mol. The van der Waals surface area contributed by atoms with E-state index in [2.05, 4.69) is 58.4 Å². The Morgan fingerprint density at radius 2 is 1.67 bits per heavy atom. The molecule has 224 valence electrons. The zero-order valence-electron chi connectivity index (χ0n) is 25.4. The molecule has 2 aromatic heterocycles. The number of nitrogens with zero attached hydrogens (tertiary/aromatic N) is 4. The van der Waals surface area contributed by atoms with Gasteiger partial charge in [-0.2, -0.15) is 5.10 Å². The Morgan fingerprint density at radius 3 is 2.30 bits per heavy atom. The molecule has 2 atom stereocenters. The lowest BCUT2D eigenvalue weighted by Crippen LogP contribution is -2.47. The molecule has 2 bridgehead atoms. The molecule has 2 fully saturated rings. The molecule has 2 aliphatic rings. The molecule has 3 N–H and O–H groups in total. The zero-order chi connectivity index (χ0) is 30.1. The lowest BCUT2D eigenvalue weighted by Gasteiger charge is -2.39. The Bertz CT molecular complexity index is 1550. The van der Waals surface area contributed by atoms with Gasteiger partial charge in [-0.1, -0.05) is 50.6 Å². The van der Waals surface area contributed by atoms with Gasteiger partial charge in [-0.15, -0.1) is 0 Å². The molecule has 4 heterocycles. The van der Waals surface area contributed by atoms with Crippen LogP contribution in [-0.4, -0.2) is 48.7 Å². The van der Waals surface area contributed by atoms with Gasteiger partial charge in [0.15, 0.2) is 0 Å². The Labute approximate surface area is 253 Å². The molecule has 0 saturated carbocycles. The Kier molecular flexibility index (Phi) is 7.81. The van der Waals surface area contributed by atoms with Gasteiger partial charge in [0, 0.05) is 41.1 Å². The molecule has 0 spiro atoms. The molecule has 9 nitrogen and oxygen atoms in total. The van der Waals surface area contributed by atoms with Crippen LogP contribution in [0, 0.1) is 12.8 Å². The van der Waals surface area contributed by atoms with Crippen LogP contribution in [0.1, 0.15) is 69.0 Å². The summed E-state index contributed by atoms with van der Waals surface area (Å²) in [6, 6.07) is 18.5. The number of urea groups is 1. The van der Waals surface area contributed by atoms with Crippen LogP contribution in [0.25, 0.3) is 5.69 Å². The molecule has 9 heteroatoms. The van der Waals surface area contributed by atoms with Gasteiger partial charge in [0.05, 0.1) is 24.1 Å². The van der Waals surface area contributed by atoms with Crippen molar-refractivity contribution in [1.82, 2.24) is 24.6 Å². The average Bonchev–Trinajstić information content (AvgIpc) is 3.69. The van der Waals surface area contributed by atoms with Gasteiger partial charge in [-0.3, -0.25) is 10.1 Å². The van der Waals surface area contributed by atoms with Gasteiger partial charge in [-0.05, 0) is 74.8 Å². The second-order valence-corrected chi connectivity index (χ2v) is 13.2. The molecular formula is C34H41N7O2. The van der Waals surface area contributed by atoms with Gasteiger partial charge >= 0.3 is 6.03 Å². The van der Waals surface area contributed by atoms with E-state index in [9.17, 15) is 9.59 Å². The largest absolute Gasteiger partial charge is 0.348 e. The van der Waals surface area contributed by atoms with Gasteiger partial charge < -0.3 is 15.2 Å². The van der Waals surface area contributed by atoms with Crippen LogP contribution in [0.15, 0.2) is 67.1 Å². The summed E-state index contributed by atoms with van der Waals surface area (Å²) in [5, 5.41) is 10.8. The second kappa shape index (κ2) is 11.7. The van der Waals surface area contributed by atoms with E-state index in [1.807, 2.05) is 49.4 Å². The minimum atomic E-state index is -0.315. The highest BCUT2D eigenvalue weighted by molar-refractivity contribution is 5.99. The van der Waals surface area contributed by atoms with Crippen LogP contribution in [0.5, 0.6) is 0 Å². The fraction of sp³-hybridized carbons (Fsp3) is 0.412. The number of aromatic nitrogens is 4. The lowest BCUT2D eigenvalue weighted by atomic mass is 9.85. The van der Waals surface area contributed by atoms with Crippen molar-refractivity contribution >= 4 is 23.4 Å². The number of hydrogen-bond donors (Lipinski definition) is 3. The van der Waals surface area contributed by atoms with Crippen LogP contribution in [0.2, 0.25) is 0 Å². The van der Waals surface area contributed by atoms with E-state index in [0.29, 0.717) is 30.2 Å². The predicted molar refractivity (Wildman–Crippen MR) is 168 cm³/mol. The number of fused-ring (bicyclic) bond motifs is 2. The third-order valence-corrected chi connectivity index (χ3v) is 8.75. The molecule has 2 saturated heterocycles.